The molecule has 3 heteroatoms. The lowest BCUT2D eigenvalue weighted by Gasteiger charge is -2.28. The highest BCUT2D eigenvalue weighted by Gasteiger charge is 2.33. The summed E-state index contributed by atoms with van der Waals surface area (Å²) in [7, 11) is 0. The maximum absolute atomic E-state index is 10.9. The SMILES string of the molecule is CC1(C)CCCC1NCc1ccccc1CC(=O)O. The van der Waals surface area contributed by atoms with Crippen LogP contribution in [0.2, 0.25) is 0 Å². The molecule has 1 saturated carbocycles. The minimum absolute atomic E-state index is 0.103. The normalized spacial score (nSPS) is 21.5. The van der Waals surface area contributed by atoms with Crippen LogP contribution in [0, 0.1) is 5.41 Å². The average molecular weight is 261 g/mol. The molecule has 0 saturated heterocycles. The molecule has 0 heterocycles. The van der Waals surface area contributed by atoms with Gasteiger partial charge in [0.1, 0.15) is 0 Å². The molecule has 1 aliphatic rings. The first-order valence-corrected chi connectivity index (χ1v) is 7.01. The Morgan fingerprint density at radius 1 is 1.37 bits per heavy atom. The lowest BCUT2D eigenvalue weighted by atomic mass is 9.87. The second kappa shape index (κ2) is 5.74. The van der Waals surface area contributed by atoms with Crippen LogP contribution in [0.1, 0.15) is 44.2 Å². The fourth-order valence-corrected chi connectivity index (χ4v) is 3.00. The van der Waals surface area contributed by atoms with Gasteiger partial charge in [0.25, 0.3) is 0 Å². The van der Waals surface area contributed by atoms with Crippen molar-refractivity contribution in [1.29, 1.82) is 0 Å². The van der Waals surface area contributed by atoms with Gasteiger partial charge in [-0.2, -0.15) is 0 Å². The molecule has 1 unspecified atom stereocenters. The van der Waals surface area contributed by atoms with Crippen molar-refractivity contribution in [2.24, 2.45) is 5.41 Å². The van der Waals surface area contributed by atoms with Crippen LogP contribution in [0.5, 0.6) is 0 Å². The number of hydrogen-bond donors (Lipinski definition) is 2. The van der Waals surface area contributed by atoms with E-state index in [0.29, 0.717) is 11.5 Å². The third kappa shape index (κ3) is 3.57. The van der Waals surface area contributed by atoms with E-state index in [1.165, 1.54) is 19.3 Å². The summed E-state index contributed by atoms with van der Waals surface area (Å²) in [6, 6.07) is 8.34. The smallest absolute Gasteiger partial charge is 0.307 e. The molecule has 1 aliphatic carbocycles. The summed E-state index contributed by atoms with van der Waals surface area (Å²) in [4.78, 5) is 10.9. The summed E-state index contributed by atoms with van der Waals surface area (Å²) in [5, 5.41) is 12.5. The Morgan fingerprint density at radius 2 is 2.05 bits per heavy atom. The van der Waals surface area contributed by atoms with Crippen molar-refractivity contribution < 1.29 is 9.90 Å². The van der Waals surface area contributed by atoms with E-state index in [-0.39, 0.29) is 6.42 Å². The Morgan fingerprint density at radius 3 is 2.63 bits per heavy atom. The molecule has 1 atom stereocenters. The summed E-state index contributed by atoms with van der Waals surface area (Å²) in [6.45, 7) is 5.37. The molecule has 1 fully saturated rings. The third-order valence-corrected chi connectivity index (χ3v) is 4.26. The molecular formula is C16H23NO2. The van der Waals surface area contributed by atoms with E-state index < -0.39 is 5.97 Å². The fraction of sp³-hybridized carbons (Fsp3) is 0.562. The fourth-order valence-electron chi connectivity index (χ4n) is 3.00. The number of carbonyl (C=O) groups is 1. The molecule has 104 valence electrons. The van der Waals surface area contributed by atoms with E-state index in [0.717, 1.165) is 17.7 Å². The van der Waals surface area contributed by atoms with Crippen LogP contribution in [0.25, 0.3) is 0 Å². The van der Waals surface area contributed by atoms with Gasteiger partial charge in [-0.1, -0.05) is 44.5 Å². The van der Waals surface area contributed by atoms with Gasteiger partial charge in [-0.3, -0.25) is 4.79 Å². The maximum Gasteiger partial charge on any atom is 0.307 e. The lowest BCUT2D eigenvalue weighted by Crippen LogP contribution is -2.37. The van der Waals surface area contributed by atoms with Crippen LogP contribution in [-0.2, 0) is 17.8 Å². The molecule has 0 bridgehead atoms. The summed E-state index contributed by atoms with van der Waals surface area (Å²) in [5.41, 5.74) is 2.37. The number of nitrogens with one attached hydrogen (secondary N) is 1. The summed E-state index contributed by atoms with van der Waals surface area (Å²) in [5.74, 6) is -0.770. The highest BCUT2D eigenvalue weighted by Crippen LogP contribution is 2.37. The van der Waals surface area contributed by atoms with Crippen LogP contribution < -0.4 is 5.32 Å². The summed E-state index contributed by atoms with van der Waals surface area (Å²) in [6.07, 6.45) is 3.86. The van der Waals surface area contributed by atoms with Crippen LogP contribution in [0.3, 0.4) is 0 Å². The van der Waals surface area contributed by atoms with Gasteiger partial charge in [0.15, 0.2) is 0 Å². The van der Waals surface area contributed by atoms with Crippen LogP contribution >= 0.6 is 0 Å². The third-order valence-electron chi connectivity index (χ3n) is 4.26. The lowest BCUT2D eigenvalue weighted by molar-refractivity contribution is -0.136. The van der Waals surface area contributed by atoms with Gasteiger partial charge in [0.2, 0.25) is 0 Å². The van der Waals surface area contributed by atoms with Gasteiger partial charge in [-0.15, -0.1) is 0 Å². The first-order chi connectivity index (χ1) is 8.99. The van der Waals surface area contributed by atoms with Crippen LogP contribution in [0.4, 0.5) is 0 Å². The van der Waals surface area contributed by atoms with E-state index in [2.05, 4.69) is 19.2 Å². The largest absolute Gasteiger partial charge is 0.481 e. The number of carboxylic acids is 1. The predicted octanol–water partition coefficient (Wildman–Crippen LogP) is 2.98. The zero-order valence-electron chi connectivity index (χ0n) is 11.8. The maximum atomic E-state index is 10.9. The van der Waals surface area contributed by atoms with E-state index in [1.54, 1.807) is 0 Å². The highest BCUT2D eigenvalue weighted by atomic mass is 16.4. The van der Waals surface area contributed by atoms with Crippen molar-refractivity contribution in [3.63, 3.8) is 0 Å². The van der Waals surface area contributed by atoms with Gasteiger partial charge in [-0.25, -0.2) is 0 Å². The van der Waals surface area contributed by atoms with E-state index >= 15 is 0 Å². The number of benzene rings is 1. The number of rotatable bonds is 5. The minimum atomic E-state index is -0.770. The molecule has 3 nitrogen and oxygen atoms in total. The quantitative estimate of drug-likeness (QED) is 0.856. The first kappa shape index (κ1) is 14.1. The number of carboxylic acid groups (broad SMARTS) is 1. The van der Waals surface area contributed by atoms with Gasteiger partial charge < -0.3 is 10.4 Å². The van der Waals surface area contributed by atoms with Crippen molar-refractivity contribution in [3.05, 3.63) is 35.4 Å². The molecule has 2 rings (SSSR count). The average Bonchev–Trinajstić information content (AvgIpc) is 2.67. The Labute approximate surface area is 115 Å². The molecule has 0 amide bonds. The predicted molar refractivity (Wildman–Crippen MR) is 76.0 cm³/mol. The van der Waals surface area contributed by atoms with Gasteiger partial charge in [-0.05, 0) is 29.4 Å². The standard InChI is InChI=1S/C16H23NO2/c1-16(2)9-5-8-14(16)17-11-13-7-4-3-6-12(13)10-15(18)19/h3-4,6-7,14,17H,5,8-11H2,1-2H3,(H,18,19). The second-order valence-corrected chi connectivity index (χ2v) is 6.15. The zero-order chi connectivity index (χ0) is 13.9. The van der Waals surface area contributed by atoms with Crippen LogP contribution in [0.15, 0.2) is 24.3 Å². The van der Waals surface area contributed by atoms with Gasteiger partial charge >= 0.3 is 5.97 Å². The van der Waals surface area contributed by atoms with Gasteiger partial charge in [0.05, 0.1) is 6.42 Å². The molecule has 2 N–H and O–H groups in total. The van der Waals surface area contributed by atoms with E-state index in [1.807, 2.05) is 24.3 Å². The number of hydrogen-bond acceptors (Lipinski definition) is 2. The molecule has 0 radical (unpaired) electrons. The molecule has 0 aliphatic heterocycles. The van der Waals surface area contributed by atoms with Crippen molar-refractivity contribution in [2.45, 2.75) is 52.1 Å². The molecule has 0 spiro atoms. The van der Waals surface area contributed by atoms with Crippen molar-refractivity contribution in [1.82, 2.24) is 5.32 Å². The Balaban J connectivity index is 2.01. The zero-order valence-corrected chi connectivity index (χ0v) is 11.8. The van der Waals surface area contributed by atoms with Crippen LogP contribution in [-0.4, -0.2) is 17.1 Å². The van der Waals surface area contributed by atoms with Crippen molar-refractivity contribution in [2.75, 3.05) is 0 Å². The highest BCUT2D eigenvalue weighted by molar-refractivity contribution is 5.70. The first-order valence-electron chi connectivity index (χ1n) is 7.01. The summed E-state index contributed by atoms with van der Waals surface area (Å²) >= 11 is 0. The second-order valence-electron chi connectivity index (χ2n) is 6.15. The van der Waals surface area contributed by atoms with Gasteiger partial charge in [0, 0.05) is 12.6 Å². The number of aliphatic carboxylic acids is 1. The molecule has 1 aromatic carbocycles. The molecular weight excluding hydrogens is 238 g/mol. The Kier molecular flexibility index (Phi) is 4.25. The summed E-state index contributed by atoms with van der Waals surface area (Å²) < 4.78 is 0. The molecule has 0 aromatic heterocycles. The van der Waals surface area contributed by atoms with Crippen molar-refractivity contribution in [3.8, 4) is 0 Å². The molecule has 19 heavy (non-hydrogen) atoms. The Bertz CT molecular complexity index is 454. The topological polar surface area (TPSA) is 49.3 Å². The minimum Gasteiger partial charge on any atom is -0.481 e. The monoisotopic (exact) mass is 261 g/mol. The Hall–Kier alpha value is -1.35. The van der Waals surface area contributed by atoms with Crippen molar-refractivity contribution >= 4 is 5.97 Å². The van der Waals surface area contributed by atoms with E-state index in [9.17, 15) is 4.79 Å². The van der Waals surface area contributed by atoms with E-state index in [4.69, 9.17) is 5.11 Å². The molecule has 1 aromatic rings.